The highest BCUT2D eigenvalue weighted by molar-refractivity contribution is 7.98. The summed E-state index contributed by atoms with van der Waals surface area (Å²) in [5, 5.41) is 3.66. The summed E-state index contributed by atoms with van der Waals surface area (Å²) >= 11 is 1.82. The van der Waals surface area contributed by atoms with Gasteiger partial charge in [-0.15, -0.1) is 11.8 Å². The SMILES string of the molecule is CSc1ccc(C(C)N(CC2CC2)CC2CCCN2)cc1. The van der Waals surface area contributed by atoms with Gasteiger partial charge in [0.25, 0.3) is 0 Å². The maximum atomic E-state index is 3.66. The summed E-state index contributed by atoms with van der Waals surface area (Å²) in [4.78, 5) is 4.08. The highest BCUT2D eigenvalue weighted by Crippen LogP contribution is 2.33. The van der Waals surface area contributed by atoms with E-state index in [9.17, 15) is 0 Å². The second-order valence-electron chi connectivity index (χ2n) is 6.64. The molecule has 1 aliphatic carbocycles. The Morgan fingerprint density at radius 3 is 2.52 bits per heavy atom. The summed E-state index contributed by atoms with van der Waals surface area (Å²) in [7, 11) is 0. The molecule has 0 amide bonds. The van der Waals surface area contributed by atoms with E-state index in [1.807, 2.05) is 11.8 Å². The molecule has 0 bridgehead atoms. The monoisotopic (exact) mass is 304 g/mol. The van der Waals surface area contributed by atoms with Crippen molar-refractivity contribution < 1.29 is 0 Å². The zero-order valence-corrected chi connectivity index (χ0v) is 14.2. The number of benzene rings is 1. The minimum Gasteiger partial charge on any atom is -0.313 e. The van der Waals surface area contributed by atoms with Crippen LogP contribution in [0.25, 0.3) is 0 Å². The lowest BCUT2D eigenvalue weighted by atomic mass is 10.1. The van der Waals surface area contributed by atoms with E-state index in [-0.39, 0.29) is 0 Å². The van der Waals surface area contributed by atoms with Crippen LogP contribution < -0.4 is 5.32 Å². The Bertz CT molecular complexity index is 435. The van der Waals surface area contributed by atoms with Gasteiger partial charge in [0, 0.05) is 30.1 Å². The zero-order chi connectivity index (χ0) is 14.7. The molecular weight excluding hydrogens is 276 g/mol. The van der Waals surface area contributed by atoms with Crippen LogP contribution in [0.2, 0.25) is 0 Å². The lowest BCUT2D eigenvalue weighted by Gasteiger charge is -2.32. The van der Waals surface area contributed by atoms with Crippen molar-refractivity contribution in [1.29, 1.82) is 0 Å². The molecule has 2 unspecified atom stereocenters. The first-order valence-corrected chi connectivity index (χ1v) is 9.60. The minimum absolute atomic E-state index is 0.531. The topological polar surface area (TPSA) is 15.3 Å². The van der Waals surface area contributed by atoms with Crippen LogP contribution in [0.1, 0.15) is 44.2 Å². The van der Waals surface area contributed by atoms with Crippen molar-refractivity contribution in [2.75, 3.05) is 25.9 Å². The van der Waals surface area contributed by atoms with Crippen LogP contribution in [0.4, 0.5) is 0 Å². The smallest absolute Gasteiger partial charge is 0.0320 e. The maximum Gasteiger partial charge on any atom is 0.0320 e. The van der Waals surface area contributed by atoms with Gasteiger partial charge in [0.15, 0.2) is 0 Å². The fourth-order valence-corrected chi connectivity index (χ4v) is 3.72. The molecule has 0 spiro atoms. The summed E-state index contributed by atoms with van der Waals surface area (Å²) < 4.78 is 0. The first kappa shape index (κ1) is 15.4. The van der Waals surface area contributed by atoms with E-state index in [0.29, 0.717) is 12.1 Å². The van der Waals surface area contributed by atoms with Gasteiger partial charge in [-0.1, -0.05) is 12.1 Å². The summed E-state index contributed by atoms with van der Waals surface area (Å²) in [6.45, 7) is 6.08. The van der Waals surface area contributed by atoms with Crippen molar-refractivity contribution in [3.8, 4) is 0 Å². The molecule has 1 aromatic carbocycles. The van der Waals surface area contributed by atoms with Crippen molar-refractivity contribution in [2.45, 2.75) is 49.6 Å². The number of nitrogens with one attached hydrogen (secondary N) is 1. The van der Waals surface area contributed by atoms with Gasteiger partial charge in [-0.3, -0.25) is 4.90 Å². The van der Waals surface area contributed by atoms with Crippen molar-refractivity contribution in [3.63, 3.8) is 0 Å². The lowest BCUT2D eigenvalue weighted by molar-refractivity contribution is 0.184. The van der Waals surface area contributed by atoms with Gasteiger partial charge >= 0.3 is 0 Å². The summed E-state index contributed by atoms with van der Waals surface area (Å²) in [5.41, 5.74) is 1.46. The Balaban J connectivity index is 1.66. The first-order valence-electron chi connectivity index (χ1n) is 8.37. The second-order valence-corrected chi connectivity index (χ2v) is 7.52. The van der Waals surface area contributed by atoms with E-state index >= 15 is 0 Å². The molecule has 2 aliphatic rings. The average Bonchev–Trinajstić information content (AvgIpc) is 3.19. The number of hydrogen-bond acceptors (Lipinski definition) is 3. The molecule has 1 saturated heterocycles. The first-order chi connectivity index (χ1) is 10.3. The van der Waals surface area contributed by atoms with E-state index in [4.69, 9.17) is 0 Å². The number of hydrogen-bond donors (Lipinski definition) is 1. The van der Waals surface area contributed by atoms with Crippen LogP contribution in [0.5, 0.6) is 0 Å². The van der Waals surface area contributed by atoms with Crippen LogP contribution in [0, 0.1) is 5.92 Å². The van der Waals surface area contributed by atoms with E-state index in [1.165, 1.54) is 55.8 Å². The van der Waals surface area contributed by atoms with E-state index in [1.54, 1.807) is 0 Å². The molecule has 0 aromatic heterocycles. The standard InChI is InChI=1S/C18H28N2S/c1-14(16-7-9-18(21-2)10-8-16)20(12-15-5-6-15)13-17-4-3-11-19-17/h7-10,14-15,17,19H,3-6,11-13H2,1-2H3. The predicted octanol–water partition coefficient (Wildman–Crippen LogP) is 3.93. The summed E-state index contributed by atoms with van der Waals surface area (Å²) in [5.74, 6) is 0.958. The zero-order valence-electron chi connectivity index (χ0n) is 13.3. The fourth-order valence-electron chi connectivity index (χ4n) is 3.31. The highest BCUT2D eigenvalue weighted by Gasteiger charge is 2.29. The molecule has 21 heavy (non-hydrogen) atoms. The van der Waals surface area contributed by atoms with Gasteiger partial charge in [-0.05, 0) is 69.0 Å². The third kappa shape index (κ3) is 4.24. The van der Waals surface area contributed by atoms with E-state index in [0.717, 1.165) is 5.92 Å². The summed E-state index contributed by atoms with van der Waals surface area (Å²) in [6.07, 6.45) is 7.71. The fraction of sp³-hybridized carbons (Fsp3) is 0.667. The minimum atomic E-state index is 0.531. The normalized spacial score (nSPS) is 23.7. The number of rotatable bonds is 7. The van der Waals surface area contributed by atoms with Crippen molar-refractivity contribution in [1.82, 2.24) is 10.2 Å². The number of nitrogens with zero attached hydrogens (tertiary/aromatic N) is 1. The Kier molecular flexibility index (Phi) is 5.25. The van der Waals surface area contributed by atoms with E-state index < -0.39 is 0 Å². The van der Waals surface area contributed by atoms with Gasteiger partial charge in [0.05, 0.1) is 0 Å². The van der Waals surface area contributed by atoms with E-state index in [2.05, 4.69) is 47.7 Å². The predicted molar refractivity (Wildman–Crippen MR) is 92.0 cm³/mol. The third-order valence-electron chi connectivity index (χ3n) is 4.95. The molecular formula is C18H28N2S. The molecule has 1 saturated carbocycles. The van der Waals surface area contributed by atoms with Gasteiger partial charge in [-0.25, -0.2) is 0 Å². The van der Waals surface area contributed by atoms with Crippen molar-refractivity contribution in [3.05, 3.63) is 29.8 Å². The highest BCUT2D eigenvalue weighted by atomic mass is 32.2. The maximum absolute atomic E-state index is 3.66. The lowest BCUT2D eigenvalue weighted by Crippen LogP contribution is -2.40. The quantitative estimate of drug-likeness (QED) is 0.768. The molecule has 3 rings (SSSR count). The molecule has 3 heteroatoms. The van der Waals surface area contributed by atoms with Crippen LogP contribution in [0.15, 0.2) is 29.2 Å². The van der Waals surface area contributed by atoms with Gasteiger partial charge < -0.3 is 5.32 Å². The Labute approximate surface area is 133 Å². The van der Waals surface area contributed by atoms with Crippen LogP contribution in [-0.4, -0.2) is 36.8 Å². The van der Waals surface area contributed by atoms with Gasteiger partial charge in [0.1, 0.15) is 0 Å². The molecule has 2 atom stereocenters. The average molecular weight is 305 g/mol. The van der Waals surface area contributed by atoms with Crippen LogP contribution in [0.3, 0.4) is 0 Å². The molecule has 0 radical (unpaired) electrons. The Hall–Kier alpha value is -0.510. The van der Waals surface area contributed by atoms with Gasteiger partial charge in [-0.2, -0.15) is 0 Å². The Morgan fingerprint density at radius 2 is 1.95 bits per heavy atom. The third-order valence-corrected chi connectivity index (χ3v) is 5.70. The van der Waals surface area contributed by atoms with Crippen molar-refractivity contribution >= 4 is 11.8 Å². The van der Waals surface area contributed by atoms with Crippen molar-refractivity contribution in [2.24, 2.45) is 5.92 Å². The summed E-state index contributed by atoms with van der Waals surface area (Å²) in [6, 6.07) is 10.4. The molecule has 1 heterocycles. The molecule has 1 N–H and O–H groups in total. The van der Waals surface area contributed by atoms with Gasteiger partial charge in [0.2, 0.25) is 0 Å². The number of thioether (sulfide) groups is 1. The second kappa shape index (κ2) is 7.17. The Morgan fingerprint density at radius 1 is 1.19 bits per heavy atom. The molecule has 1 aliphatic heterocycles. The largest absolute Gasteiger partial charge is 0.313 e. The molecule has 116 valence electrons. The molecule has 2 fully saturated rings. The van der Waals surface area contributed by atoms with Crippen LogP contribution >= 0.6 is 11.8 Å². The molecule has 1 aromatic rings. The molecule has 2 nitrogen and oxygen atoms in total. The van der Waals surface area contributed by atoms with Crippen LogP contribution in [-0.2, 0) is 0 Å².